The monoisotopic (exact) mass is 481 g/mol. The predicted molar refractivity (Wildman–Crippen MR) is 138 cm³/mol. The van der Waals surface area contributed by atoms with E-state index in [1.807, 2.05) is 42.6 Å². The predicted octanol–water partition coefficient (Wildman–Crippen LogP) is 6.94. The highest BCUT2D eigenvalue weighted by Gasteiger charge is 2.20. The molecule has 5 nitrogen and oxygen atoms in total. The molecule has 6 rings (SSSR count). The molecule has 0 aliphatic rings. The van der Waals surface area contributed by atoms with E-state index in [1.165, 1.54) is 18.4 Å². The summed E-state index contributed by atoms with van der Waals surface area (Å²) >= 11 is 0. The van der Waals surface area contributed by atoms with Gasteiger partial charge in [0.05, 0.1) is 12.0 Å². The molecule has 0 saturated carbocycles. The van der Waals surface area contributed by atoms with Gasteiger partial charge in [-0.15, -0.1) is 0 Å². The van der Waals surface area contributed by atoms with Crippen molar-refractivity contribution in [1.82, 2.24) is 9.97 Å². The quantitative estimate of drug-likeness (QED) is 0.290. The SMILES string of the molecule is CN(c1ccc2[nH]c3ncc(-c4ccc(F)cc4)c(-c4ccccc4)c3c2c1)S(=O)c1ccco1. The zero-order valence-electron chi connectivity index (χ0n) is 18.7. The molecule has 35 heavy (non-hydrogen) atoms. The number of pyridine rings is 1. The van der Waals surface area contributed by atoms with E-state index in [9.17, 15) is 8.60 Å². The lowest BCUT2D eigenvalue weighted by Gasteiger charge is -2.17. The molecule has 0 saturated heterocycles. The van der Waals surface area contributed by atoms with Crippen LogP contribution in [0.25, 0.3) is 44.2 Å². The Balaban J connectivity index is 1.61. The van der Waals surface area contributed by atoms with Crippen molar-refractivity contribution < 1.29 is 13.0 Å². The average molecular weight is 482 g/mol. The summed E-state index contributed by atoms with van der Waals surface area (Å²) in [5.74, 6) is -0.284. The largest absolute Gasteiger partial charge is 0.454 e. The maximum Gasteiger partial charge on any atom is 0.211 e. The van der Waals surface area contributed by atoms with Crippen LogP contribution in [0.5, 0.6) is 0 Å². The Bertz CT molecular complexity index is 1680. The van der Waals surface area contributed by atoms with Crippen molar-refractivity contribution in [3.8, 4) is 22.3 Å². The van der Waals surface area contributed by atoms with Gasteiger partial charge in [-0.1, -0.05) is 42.5 Å². The van der Waals surface area contributed by atoms with Crippen LogP contribution in [0.15, 0.2) is 107 Å². The van der Waals surface area contributed by atoms with Crippen LogP contribution in [0.4, 0.5) is 10.1 Å². The summed E-state index contributed by atoms with van der Waals surface area (Å²) in [5.41, 5.74) is 6.25. The second kappa shape index (κ2) is 8.52. The zero-order valence-corrected chi connectivity index (χ0v) is 19.6. The molecule has 0 fully saturated rings. The van der Waals surface area contributed by atoms with Gasteiger partial charge >= 0.3 is 0 Å². The minimum atomic E-state index is -1.48. The Morgan fingerprint density at radius 2 is 1.74 bits per heavy atom. The summed E-state index contributed by atoms with van der Waals surface area (Å²) in [6, 6.07) is 25.9. The fourth-order valence-electron chi connectivity index (χ4n) is 4.39. The van der Waals surface area contributed by atoms with Crippen molar-refractivity contribution in [3.63, 3.8) is 0 Å². The minimum Gasteiger partial charge on any atom is -0.454 e. The van der Waals surface area contributed by atoms with Crippen molar-refractivity contribution in [2.45, 2.75) is 5.09 Å². The van der Waals surface area contributed by atoms with Gasteiger partial charge in [0.25, 0.3) is 0 Å². The Labute approximate surface area is 203 Å². The number of nitrogens with zero attached hydrogens (tertiary/aromatic N) is 2. The van der Waals surface area contributed by atoms with Crippen LogP contribution in [0.1, 0.15) is 0 Å². The van der Waals surface area contributed by atoms with Gasteiger partial charge in [0.2, 0.25) is 5.09 Å². The first-order valence-corrected chi connectivity index (χ1v) is 12.2. The molecule has 3 heterocycles. The summed E-state index contributed by atoms with van der Waals surface area (Å²) in [6.45, 7) is 0. The van der Waals surface area contributed by atoms with Gasteiger partial charge in [0, 0.05) is 40.7 Å². The molecule has 1 atom stereocenters. The number of anilines is 1. The number of rotatable bonds is 5. The first-order chi connectivity index (χ1) is 17.1. The van der Waals surface area contributed by atoms with Crippen LogP contribution < -0.4 is 4.31 Å². The smallest absolute Gasteiger partial charge is 0.211 e. The molecule has 7 heteroatoms. The molecule has 1 unspecified atom stereocenters. The van der Waals surface area contributed by atoms with E-state index < -0.39 is 11.0 Å². The lowest BCUT2D eigenvalue weighted by molar-refractivity contribution is 0.465. The number of aromatic amines is 1. The third kappa shape index (κ3) is 3.70. The van der Waals surface area contributed by atoms with Crippen LogP contribution in [0.3, 0.4) is 0 Å². The molecule has 0 spiro atoms. The number of H-pyrrole nitrogens is 1. The number of hydrogen-bond donors (Lipinski definition) is 1. The number of hydrogen-bond acceptors (Lipinski definition) is 3. The van der Waals surface area contributed by atoms with Crippen LogP contribution in [0.2, 0.25) is 0 Å². The highest BCUT2D eigenvalue weighted by atomic mass is 32.2. The Morgan fingerprint density at radius 3 is 2.49 bits per heavy atom. The summed E-state index contributed by atoms with van der Waals surface area (Å²) in [5, 5.41) is 2.29. The molecule has 6 aromatic rings. The van der Waals surface area contributed by atoms with Gasteiger partial charge in [0.15, 0.2) is 11.0 Å². The Morgan fingerprint density at radius 1 is 0.943 bits per heavy atom. The van der Waals surface area contributed by atoms with Gasteiger partial charge in [0.1, 0.15) is 11.5 Å². The third-order valence-corrected chi connectivity index (χ3v) is 7.39. The van der Waals surface area contributed by atoms with E-state index in [-0.39, 0.29) is 5.82 Å². The van der Waals surface area contributed by atoms with Gasteiger partial charge in [-0.25, -0.2) is 13.6 Å². The molecule has 172 valence electrons. The molecular weight excluding hydrogens is 461 g/mol. The molecule has 0 amide bonds. The Hall–Kier alpha value is -4.23. The van der Waals surface area contributed by atoms with Gasteiger partial charge in [-0.2, -0.15) is 0 Å². The molecule has 0 aliphatic carbocycles. The van der Waals surface area contributed by atoms with Crippen molar-refractivity contribution in [1.29, 1.82) is 0 Å². The van der Waals surface area contributed by atoms with Crippen molar-refractivity contribution in [2.75, 3.05) is 11.4 Å². The summed E-state index contributed by atoms with van der Waals surface area (Å²) in [7, 11) is 0.288. The maximum atomic E-state index is 13.7. The maximum absolute atomic E-state index is 13.7. The number of nitrogens with one attached hydrogen (secondary N) is 1. The standard InChI is InChI=1S/C28H20FN3O2S/c1-32(35(33)25-8-5-15-34-25)21-13-14-24-22(16-21)27-26(19-6-3-2-4-7-19)23(17-30-28(27)31-24)18-9-11-20(29)12-10-18/h2-17H,1H3,(H,30,31). The highest BCUT2D eigenvalue weighted by Crippen LogP contribution is 2.41. The topological polar surface area (TPSA) is 62.1 Å². The van der Waals surface area contributed by atoms with E-state index in [0.29, 0.717) is 5.09 Å². The molecule has 0 radical (unpaired) electrons. The fourth-order valence-corrected chi connectivity index (χ4v) is 5.29. The van der Waals surface area contributed by atoms with E-state index >= 15 is 0 Å². The average Bonchev–Trinajstić information content (AvgIpc) is 3.56. The van der Waals surface area contributed by atoms with Gasteiger partial charge in [-0.05, 0) is 53.6 Å². The molecule has 1 N–H and O–H groups in total. The van der Waals surface area contributed by atoms with E-state index in [1.54, 1.807) is 35.6 Å². The zero-order chi connectivity index (χ0) is 23.9. The van der Waals surface area contributed by atoms with E-state index in [0.717, 1.165) is 49.9 Å². The molecule has 0 aliphatic heterocycles. The fraction of sp³-hybridized carbons (Fsp3) is 0.0357. The first kappa shape index (κ1) is 21.3. The van der Waals surface area contributed by atoms with Crippen molar-refractivity contribution >= 4 is 38.6 Å². The summed E-state index contributed by atoms with van der Waals surface area (Å²) < 4.78 is 33.7. The number of aromatic nitrogens is 2. The van der Waals surface area contributed by atoms with Crippen LogP contribution in [-0.2, 0) is 11.0 Å². The number of furan rings is 1. The lowest BCUT2D eigenvalue weighted by atomic mass is 9.93. The lowest BCUT2D eigenvalue weighted by Crippen LogP contribution is -2.19. The Kier molecular flexibility index (Phi) is 5.19. The van der Waals surface area contributed by atoms with E-state index in [2.05, 4.69) is 17.1 Å². The molecule has 3 aromatic carbocycles. The first-order valence-electron chi connectivity index (χ1n) is 11.0. The number of halogens is 1. The second-order valence-corrected chi connectivity index (χ2v) is 9.63. The second-order valence-electron chi connectivity index (χ2n) is 8.18. The third-order valence-electron chi connectivity index (χ3n) is 6.10. The van der Waals surface area contributed by atoms with Gasteiger partial charge < -0.3 is 9.40 Å². The summed E-state index contributed by atoms with van der Waals surface area (Å²) in [6.07, 6.45) is 3.34. The number of benzene rings is 3. The van der Waals surface area contributed by atoms with Crippen molar-refractivity contribution in [2.24, 2.45) is 0 Å². The molecular formula is C28H20FN3O2S. The summed E-state index contributed by atoms with van der Waals surface area (Å²) in [4.78, 5) is 8.13. The highest BCUT2D eigenvalue weighted by molar-refractivity contribution is 7.86. The van der Waals surface area contributed by atoms with Crippen molar-refractivity contribution in [3.05, 3.63) is 103 Å². The normalized spacial score (nSPS) is 12.3. The van der Waals surface area contributed by atoms with Crippen LogP contribution >= 0.6 is 0 Å². The number of fused-ring (bicyclic) bond motifs is 3. The van der Waals surface area contributed by atoms with Crippen LogP contribution in [0, 0.1) is 5.82 Å². The minimum absolute atomic E-state index is 0.284. The molecule has 0 bridgehead atoms. The van der Waals surface area contributed by atoms with Crippen LogP contribution in [-0.4, -0.2) is 21.2 Å². The molecule has 3 aromatic heterocycles. The van der Waals surface area contributed by atoms with Gasteiger partial charge in [-0.3, -0.25) is 4.31 Å². The van der Waals surface area contributed by atoms with E-state index in [4.69, 9.17) is 9.40 Å².